The molecule has 1 saturated carbocycles. The van der Waals surface area contributed by atoms with Crippen LogP contribution in [-0.2, 0) is 4.79 Å². The van der Waals surface area contributed by atoms with Crippen molar-refractivity contribution in [3.63, 3.8) is 0 Å². The van der Waals surface area contributed by atoms with Crippen molar-refractivity contribution in [3.05, 3.63) is 35.4 Å². The third-order valence-electron chi connectivity index (χ3n) is 4.14. The first-order chi connectivity index (χ1) is 8.89. The first-order valence-electron chi connectivity index (χ1n) is 6.90. The molecular formula is C16H22O3. The fraction of sp³-hybridized carbons (Fsp3) is 0.562. The fourth-order valence-corrected chi connectivity index (χ4v) is 3.11. The molecule has 0 amide bonds. The molecule has 2 unspecified atom stereocenters. The topological polar surface area (TPSA) is 57.5 Å². The van der Waals surface area contributed by atoms with Crippen molar-refractivity contribution in [2.45, 2.75) is 51.6 Å². The largest absolute Gasteiger partial charge is 0.479 e. The Bertz CT molecular complexity index is 465. The second-order valence-electron chi connectivity index (χ2n) is 6.37. The number of benzene rings is 1. The van der Waals surface area contributed by atoms with Crippen LogP contribution in [0, 0.1) is 5.41 Å². The second kappa shape index (κ2) is 5.33. The standard InChI is InChI=1S/C16H22O3/c1-16(2)8-4-7-13(10-16)11-5-3-6-12(9-11)14(17)15(18)19/h3,5-6,9,13-14,17H,4,7-8,10H2,1-2H3,(H,18,19). The van der Waals surface area contributed by atoms with Crippen molar-refractivity contribution in [1.82, 2.24) is 0 Å². The zero-order valence-electron chi connectivity index (χ0n) is 11.6. The number of aliphatic hydroxyl groups excluding tert-OH is 1. The van der Waals surface area contributed by atoms with Crippen molar-refractivity contribution in [1.29, 1.82) is 0 Å². The number of aliphatic hydroxyl groups is 1. The molecular weight excluding hydrogens is 240 g/mol. The molecule has 0 aromatic heterocycles. The van der Waals surface area contributed by atoms with E-state index < -0.39 is 12.1 Å². The lowest BCUT2D eigenvalue weighted by atomic mass is 9.70. The molecule has 0 aliphatic heterocycles. The normalized spacial score (nSPS) is 23.8. The molecule has 2 atom stereocenters. The van der Waals surface area contributed by atoms with Gasteiger partial charge in [-0.15, -0.1) is 0 Å². The van der Waals surface area contributed by atoms with Crippen LogP contribution in [-0.4, -0.2) is 16.2 Å². The summed E-state index contributed by atoms with van der Waals surface area (Å²) >= 11 is 0. The highest BCUT2D eigenvalue weighted by Gasteiger charge is 2.29. The molecule has 2 rings (SSSR count). The number of rotatable bonds is 3. The van der Waals surface area contributed by atoms with E-state index in [9.17, 15) is 9.90 Å². The lowest BCUT2D eigenvalue weighted by molar-refractivity contribution is -0.146. The van der Waals surface area contributed by atoms with E-state index in [2.05, 4.69) is 13.8 Å². The van der Waals surface area contributed by atoms with Crippen molar-refractivity contribution >= 4 is 5.97 Å². The van der Waals surface area contributed by atoms with Crippen LogP contribution in [0.3, 0.4) is 0 Å². The molecule has 1 aromatic rings. The molecule has 0 radical (unpaired) electrons. The van der Waals surface area contributed by atoms with Crippen molar-refractivity contribution in [2.24, 2.45) is 5.41 Å². The summed E-state index contributed by atoms with van der Waals surface area (Å²) in [6, 6.07) is 7.42. The van der Waals surface area contributed by atoms with Gasteiger partial charge in [-0.1, -0.05) is 44.5 Å². The van der Waals surface area contributed by atoms with E-state index in [-0.39, 0.29) is 0 Å². The summed E-state index contributed by atoms with van der Waals surface area (Å²) in [6.45, 7) is 4.57. The van der Waals surface area contributed by atoms with Crippen LogP contribution in [0.25, 0.3) is 0 Å². The van der Waals surface area contributed by atoms with Crippen molar-refractivity contribution in [2.75, 3.05) is 0 Å². The second-order valence-corrected chi connectivity index (χ2v) is 6.37. The van der Waals surface area contributed by atoms with Crippen molar-refractivity contribution in [3.8, 4) is 0 Å². The molecule has 0 bridgehead atoms. The molecule has 0 saturated heterocycles. The highest BCUT2D eigenvalue weighted by molar-refractivity contribution is 5.74. The Balaban J connectivity index is 2.21. The Morgan fingerprint density at radius 2 is 2.16 bits per heavy atom. The summed E-state index contributed by atoms with van der Waals surface area (Å²) in [5.74, 6) is -0.717. The van der Waals surface area contributed by atoms with Crippen LogP contribution in [0.5, 0.6) is 0 Å². The van der Waals surface area contributed by atoms with Gasteiger partial charge in [0.1, 0.15) is 0 Å². The average molecular weight is 262 g/mol. The molecule has 1 aliphatic rings. The van der Waals surface area contributed by atoms with E-state index in [4.69, 9.17) is 5.11 Å². The molecule has 0 spiro atoms. The third kappa shape index (κ3) is 3.35. The minimum atomic E-state index is -1.42. The summed E-state index contributed by atoms with van der Waals surface area (Å²) in [7, 11) is 0. The van der Waals surface area contributed by atoms with Crippen LogP contribution in [0.1, 0.15) is 62.7 Å². The number of hydrogen-bond donors (Lipinski definition) is 2. The molecule has 19 heavy (non-hydrogen) atoms. The van der Waals surface area contributed by atoms with E-state index in [1.807, 2.05) is 18.2 Å². The molecule has 104 valence electrons. The van der Waals surface area contributed by atoms with Gasteiger partial charge in [0.25, 0.3) is 0 Å². The highest BCUT2D eigenvalue weighted by atomic mass is 16.4. The number of hydrogen-bond acceptors (Lipinski definition) is 2. The van der Waals surface area contributed by atoms with Gasteiger partial charge in [0.2, 0.25) is 0 Å². The van der Waals surface area contributed by atoms with Gasteiger partial charge in [0.05, 0.1) is 0 Å². The number of aliphatic carboxylic acids is 1. The molecule has 2 N–H and O–H groups in total. The quantitative estimate of drug-likeness (QED) is 0.876. The van der Waals surface area contributed by atoms with E-state index in [0.29, 0.717) is 16.9 Å². The Morgan fingerprint density at radius 3 is 2.79 bits per heavy atom. The summed E-state index contributed by atoms with van der Waals surface area (Å²) < 4.78 is 0. The number of carboxylic acid groups (broad SMARTS) is 1. The first kappa shape index (κ1) is 14.1. The first-order valence-corrected chi connectivity index (χ1v) is 6.90. The Morgan fingerprint density at radius 1 is 1.42 bits per heavy atom. The highest BCUT2D eigenvalue weighted by Crippen LogP contribution is 2.43. The predicted molar refractivity (Wildman–Crippen MR) is 74.0 cm³/mol. The molecule has 1 aromatic carbocycles. The smallest absolute Gasteiger partial charge is 0.337 e. The van der Waals surface area contributed by atoms with Gasteiger partial charge in [0.15, 0.2) is 6.10 Å². The molecule has 0 heterocycles. The van der Waals surface area contributed by atoms with Gasteiger partial charge in [0, 0.05) is 0 Å². The van der Waals surface area contributed by atoms with Crippen LogP contribution in [0.15, 0.2) is 24.3 Å². The van der Waals surface area contributed by atoms with E-state index >= 15 is 0 Å². The number of carbonyl (C=O) groups is 1. The Labute approximate surface area is 114 Å². The summed E-state index contributed by atoms with van der Waals surface area (Å²) in [5, 5.41) is 18.5. The molecule has 3 heteroatoms. The minimum Gasteiger partial charge on any atom is -0.479 e. The van der Waals surface area contributed by atoms with Gasteiger partial charge < -0.3 is 10.2 Å². The minimum absolute atomic E-state index is 0.352. The third-order valence-corrected chi connectivity index (χ3v) is 4.14. The summed E-state index contributed by atoms with van der Waals surface area (Å²) in [5.41, 5.74) is 1.99. The predicted octanol–water partition coefficient (Wildman–Crippen LogP) is 3.49. The summed E-state index contributed by atoms with van der Waals surface area (Å²) in [6.07, 6.45) is 3.32. The maximum absolute atomic E-state index is 10.8. The van der Waals surface area contributed by atoms with E-state index in [0.717, 1.165) is 18.4 Å². The van der Waals surface area contributed by atoms with E-state index in [1.165, 1.54) is 12.8 Å². The van der Waals surface area contributed by atoms with Crippen LogP contribution >= 0.6 is 0 Å². The summed E-state index contributed by atoms with van der Waals surface area (Å²) in [4.78, 5) is 10.8. The van der Waals surface area contributed by atoms with Gasteiger partial charge in [-0.05, 0) is 41.7 Å². The van der Waals surface area contributed by atoms with Crippen LogP contribution < -0.4 is 0 Å². The number of carboxylic acids is 1. The zero-order chi connectivity index (χ0) is 14.0. The van der Waals surface area contributed by atoms with Crippen LogP contribution in [0.2, 0.25) is 0 Å². The monoisotopic (exact) mass is 262 g/mol. The Kier molecular flexibility index (Phi) is 3.95. The Hall–Kier alpha value is -1.35. The fourth-order valence-electron chi connectivity index (χ4n) is 3.11. The zero-order valence-corrected chi connectivity index (χ0v) is 11.6. The average Bonchev–Trinajstić information content (AvgIpc) is 2.36. The van der Waals surface area contributed by atoms with Gasteiger partial charge in [-0.25, -0.2) is 4.79 Å². The maximum atomic E-state index is 10.8. The maximum Gasteiger partial charge on any atom is 0.337 e. The molecule has 1 fully saturated rings. The SMILES string of the molecule is CC1(C)CCCC(c2cccc(C(O)C(=O)O)c2)C1. The lowest BCUT2D eigenvalue weighted by Crippen LogP contribution is -2.21. The van der Waals surface area contributed by atoms with Gasteiger partial charge in [-0.3, -0.25) is 0 Å². The van der Waals surface area contributed by atoms with Gasteiger partial charge >= 0.3 is 5.97 Å². The molecule has 1 aliphatic carbocycles. The van der Waals surface area contributed by atoms with Crippen molar-refractivity contribution < 1.29 is 15.0 Å². The van der Waals surface area contributed by atoms with Crippen LogP contribution in [0.4, 0.5) is 0 Å². The van der Waals surface area contributed by atoms with Gasteiger partial charge in [-0.2, -0.15) is 0 Å². The van der Waals surface area contributed by atoms with E-state index in [1.54, 1.807) is 6.07 Å². The molecule has 3 nitrogen and oxygen atoms in total. The lowest BCUT2D eigenvalue weighted by Gasteiger charge is -2.35.